The molecule has 1 fully saturated rings. The molecule has 5 heteroatoms. The molecule has 87 heavy (non-hydrogen) atoms. The molecular formula is C82H90BN3S. The van der Waals surface area contributed by atoms with Crippen molar-refractivity contribution in [3.63, 3.8) is 0 Å². The van der Waals surface area contributed by atoms with E-state index in [1.54, 1.807) is 11.1 Å². The van der Waals surface area contributed by atoms with E-state index in [2.05, 4.69) is 296 Å². The van der Waals surface area contributed by atoms with Crippen molar-refractivity contribution in [3.05, 3.63) is 190 Å². The minimum atomic E-state index is -0.0686. The Bertz CT molecular complexity index is 4450. The van der Waals surface area contributed by atoms with Crippen LogP contribution in [0.15, 0.2) is 146 Å². The molecule has 4 aliphatic carbocycles. The fourth-order valence-corrected chi connectivity index (χ4v) is 17.8. The molecule has 8 aromatic carbocycles. The van der Waals surface area contributed by atoms with E-state index in [9.17, 15) is 0 Å². The maximum Gasteiger partial charge on any atom is 0.264 e. The molecule has 1 saturated carbocycles. The predicted molar refractivity (Wildman–Crippen MR) is 379 cm³/mol. The number of aromatic nitrogens is 1. The third-order valence-corrected chi connectivity index (χ3v) is 23.7. The summed E-state index contributed by atoms with van der Waals surface area (Å²) in [6, 6.07) is 59.3. The van der Waals surface area contributed by atoms with Gasteiger partial charge in [0.15, 0.2) is 0 Å². The van der Waals surface area contributed by atoms with Crippen LogP contribution in [0.25, 0.3) is 48.7 Å². The lowest BCUT2D eigenvalue weighted by atomic mass is 9.35. The van der Waals surface area contributed by atoms with Gasteiger partial charge in [0.25, 0.3) is 6.71 Å². The van der Waals surface area contributed by atoms with Gasteiger partial charge in [0, 0.05) is 53.9 Å². The fourth-order valence-electron chi connectivity index (χ4n) is 16.5. The van der Waals surface area contributed by atoms with Crippen molar-refractivity contribution in [3.8, 4) is 16.8 Å². The fraction of sp³-hybridized carbons (Fsp3) is 0.390. The van der Waals surface area contributed by atoms with Gasteiger partial charge in [0.1, 0.15) is 0 Å². The molecule has 442 valence electrons. The summed E-state index contributed by atoms with van der Waals surface area (Å²) < 4.78 is 5.54. The van der Waals surface area contributed by atoms with Gasteiger partial charge < -0.3 is 14.4 Å². The number of hydrogen-bond donors (Lipinski definition) is 0. The first kappa shape index (κ1) is 56.7. The van der Waals surface area contributed by atoms with E-state index in [0.717, 1.165) is 12.8 Å². The monoisotopic (exact) mass is 1160 g/mol. The molecule has 10 aromatic rings. The Hall–Kier alpha value is -6.82. The lowest BCUT2D eigenvalue weighted by molar-refractivity contribution is 0.188. The zero-order valence-corrected chi connectivity index (χ0v) is 56.2. The molecule has 0 radical (unpaired) electrons. The van der Waals surface area contributed by atoms with Gasteiger partial charge in [0.2, 0.25) is 0 Å². The minimum absolute atomic E-state index is 0.00272. The SMILES string of the molecule is CC(C)(C)c1ccc(N2c3cc4c(cc3B3c5sc6cc7c(cc6c5N(c5ccc(C(C)(C)C)cc5-c5ccccc5)c5cc(-n6c8cc(C(C)(C)C)ccc8c8ccc(C(C)(C)C)cc86)cc2c53)C2(C)CCC7(C)CC2)C(C)(C)CCC4(C)C)cc1. The van der Waals surface area contributed by atoms with E-state index in [-0.39, 0.29) is 50.0 Å². The van der Waals surface area contributed by atoms with Crippen molar-refractivity contribution in [2.75, 3.05) is 9.80 Å². The third-order valence-electron chi connectivity index (χ3n) is 22.5. The second kappa shape index (κ2) is 18.4. The van der Waals surface area contributed by atoms with Gasteiger partial charge in [-0.1, -0.05) is 203 Å². The summed E-state index contributed by atoms with van der Waals surface area (Å²) in [7, 11) is 0. The number of benzene rings is 8. The Morgan fingerprint density at radius 1 is 0.402 bits per heavy atom. The first-order valence-electron chi connectivity index (χ1n) is 32.8. The highest BCUT2D eigenvalue weighted by Gasteiger charge is 2.51. The first-order valence-corrected chi connectivity index (χ1v) is 33.6. The van der Waals surface area contributed by atoms with Crippen LogP contribution in [0.5, 0.6) is 0 Å². The van der Waals surface area contributed by atoms with Gasteiger partial charge in [-0.05, 0) is 210 Å². The Kier molecular flexibility index (Phi) is 12.0. The molecule has 0 N–H and O–H groups in total. The van der Waals surface area contributed by atoms with Gasteiger partial charge in [-0.3, -0.25) is 0 Å². The van der Waals surface area contributed by atoms with Crippen LogP contribution in [0, 0.1) is 0 Å². The highest BCUT2D eigenvalue weighted by Crippen LogP contribution is 2.60. The normalized spacial score (nSPS) is 20.2. The first-order chi connectivity index (χ1) is 40.8. The molecule has 2 bridgehead atoms. The summed E-state index contributed by atoms with van der Waals surface area (Å²) in [6.07, 6.45) is 7.31. The molecule has 4 heterocycles. The van der Waals surface area contributed by atoms with E-state index in [1.807, 2.05) is 0 Å². The summed E-state index contributed by atoms with van der Waals surface area (Å²) in [6.45, 7) is 43.5. The number of rotatable bonds is 4. The maximum absolute atomic E-state index is 2.81. The van der Waals surface area contributed by atoms with Crippen molar-refractivity contribution in [1.82, 2.24) is 4.57 Å². The lowest BCUT2D eigenvalue weighted by Crippen LogP contribution is -2.61. The van der Waals surface area contributed by atoms with Crippen LogP contribution in [0.4, 0.5) is 34.1 Å². The molecule has 0 spiro atoms. The summed E-state index contributed by atoms with van der Waals surface area (Å²) >= 11 is 2.09. The van der Waals surface area contributed by atoms with E-state index >= 15 is 0 Å². The largest absolute Gasteiger partial charge is 0.311 e. The Balaban J connectivity index is 1.15. The molecule has 2 aliphatic heterocycles. The van der Waals surface area contributed by atoms with Crippen molar-refractivity contribution < 1.29 is 0 Å². The van der Waals surface area contributed by atoms with Crippen LogP contribution in [0.2, 0.25) is 0 Å². The molecule has 16 rings (SSSR count). The second-order valence-electron chi connectivity index (χ2n) is 33.5. The summed E-state index contributed by atoms with van der Waals surface area (Å²) in [5, 5.41) is 3.96. The predicted octanol–water partition coefficient (Wildman–Crippen LogP) is 21.4. The standard InChI is InChI=1S/C82H90BN3S/c1-75(2,3)50-24-29-54(30-25-50)84-68-47-61-60(79(13,14)34-35-80(61,15)16)46-64(68)83-72-69(84)43-55(85-66-41-52(77(7,8)9)26-31-56(66)57-32-27-53(42-67(57)85)78(10,11)12)44-70(72)86(65-33-28-51(76(4,5)6)40-58(65)49-22-20-19-21-23-49)73-59-45-62-63(48-71(59)87-74(73)83)82(18)38-36-81(62,17)37-39-82/h19-33,40-48H,34-39H2,1-18H3. The van der Waals surface area contributed by atoms with E-state index in [0.29, 0.717) is 0 Å². The molecule has 2 aromatic heterocycles. The number of thiophene rings is 1. The molecule has 6 aliphatic rings. The number of hydrogen-bond acceptors (Lipinski definition) is 3. The molecule has 0 unspecified atom stereocenters. The summed E-state index contributed by atoms with van der Waals surface area (Å²) in [5.41, 5.74) is 28.2. The van der Waals surface area contributed by atoms with Crippen LogP contribution >= 0.6 is 11.3 Å². The Morgan fingerprint density at radius 3 is 1.45 bits per heavy atom. The van der Waals surface area contributed by atoms with E-state index < -0.39 is 0 Å². The van der Waals surface area contributed by atoms with Crippen LogP contribution in [-0.2, 0) is 43.3 Å². The zero-order valence-electron chi connectivity index (χ0n) is 55.4. The van der Waals surface area contributed by atoms with Crippen LogP contribution in [0.1, 0.15) is 208 Å². The smallest absolute Gasteiger partial charge is 0.264 e. The van der Waals surface area contributed by atoms with Crippen molar-refractivity contribution >= 4 is 99.8 Å². The van der Waals surface area contributed by atoms with Crippen molar-refractivity contribution in [2.45, 2.75) is 206 Å². The average molecular weight is 1160 g/mol. The van der Waals surface area contributed by atoms with Gasteiger partial charge in [0.05, 0.1) is 28.1 Å². The van der Waals surface area contributed by atoms with E-state index in [4.69, 9.17) is 0 Å². The maximum atomic E-state index is 2.81. The molecule has 3 nitrogen and oxygen atoms in total. The van der Waals surface area contributed by atoms with Crippen molar-refractivity contribution in [1.29, 1.82) is 0 Å². The van der Waals surface area contributed by atoms with Gasteiger partial charge in [-0.25, -0.2) is 0 Å². The molecular weight excluding hydrogens is 1070 g/mol. The topological polar surface area (TPSA) is 11.4 Å². The molecule has 0 saturated heterocycles. The Labute approximate surface area is 524 Å². The molecule has 0 amide bonds. The second-order valence-corrected chi connectivity index (χ2v) is 34.6. The summed E-state index contributed by atoms with van der Waals surface area (Å²) in [5.74, 6) is 0. The third kappa shape index (κ3) is 8.53. The van der Waals surface area contributed by atoms with Gasteiger partial charge in [-0.2, -0.15) is 0 Å². The Morgan fingerprint density at radius 2 is 0.897 bits per heavy atom. The quantitative estimate of drug-likeness (QED) is 0.163. The number of nitrogens with zero attached hydrogens (tertiary/aromatic N) is 3. The molecule has 0 atom stereocenters. The van der Waals surface area contributed by atoms with Gasteiger partial charge in [-0.15, -0.1) is 11.3 Å². The zero-order chi connectivity index (χ0) is 61.2. The average Bonchev–Trinajstić information content (AvgIpc) is 1.67. The van der Waals surface area contributed by atoms with Gasteiger partial charge >= 0.3 is 0 Å². The minimum Gasteiger partial charge on any atom is -0.311 e. The number of anilines is 6. The highest BCUT2D eigenvalue weighted by molar-refractivity contribution is 7.33. The van der Waals surface area contributed by atoms with Crippen LogP contribution in [-0.4, -0.2) is 11.3 Å². The van der Waals surface area contributed by atoms with Crippen LogP contribution in [0.3, 0.4) is 0 Å². The van der Waals surface area contributed by atoms with E-state index in [1.165, 1.54) is 158 Å². The number of fused-ring (bicyclic) bond motifs is 12. The summed E-state index contributed by atoms with van der Waals surface area (Å²) in [4.78, 5) is 5.54. The highest BCUT2D eigenvalue weighted by atomic mass is 32.1. The van der Waals surface area contributed by atoms with Crippen LogP contribution < -0.4 is 25.5 Å². The lowest BCUT2D eigenvalue weighted by Gasteiger charge is -2.52. The van der Waals surface area contributed by atoms with Crippen molar-refractivity contribution in [2.24, 2.45) is 0 Å².